The number of nitrogens with one attached hydrogen (secondary N) is 1. The maximum absolute atomic E-state index is 5.19. The van der Waals surface area contributed by atoms with Crippen molar-refractivity contribution in [2.24, 2.45) is 0 Å². The van der Waals surface area contributed by atoms with E-state index in [-0.39, 0.29) is 6.04 Å². The summed E-state index contributed by atoms with van der Waals surface area (Å²) in [7, 11) is 1.65. The van der Waals surface area contributed by atoms with Crippen molar-refractivity contribution in [3.05, 3.63) is 47.0 Å². The number of nitrogens with zero attached hydrogens (tertiary/aromatic N) is 2. The Bertz CT molecular complexity index is 519. The second-order valence-corrected chi connectivity index (χ2v) is 4.70. The van der Waals surface area contributed by atoms with Crippen molar-refractivity contribution in [3.63, 3.8) is 0 Å². The number of halogens is 1. The van der Waals surface area contributed by atoms with E-state index >= 15 is 0 Å². The first kappa shape index (κ1) is 12.8. The predicted octanol–water partition coefficient (Wildman–Crippen LogP) is 3.42. The van der Waals surface area contributed by atoms with Crippen LogP contribution < -0.4 is 10.1 Å². The predicted molar refractivity (Wildman–Crippen MR) is 74.8 cm³/mol. The van der Waals surface area contributed by atoms with Gasteiger partial charge in [0.2, 0.25) is 0 Å². The monoisotopic (exact) mass is 307 g/mol. The first-order chi connectivity index (χ1) is 8.70. The summed E-state index contributed by atoms with van der Waals surface area (Å²) in [6.07, 6.45) is 5.12. The van der Waals surface area contributed by atoms with E-state index in [1.165, 1.54) is 0 Å². The maximum atomic E-state index is 5.19. The van der Waals surface area contributed by atoms with Gasteiger partial charge in [-0.05, 0) is 41.1 Å². The molecular formula is C13H14BrN3O. The average Bonchev–Trinajstić information content (AvgIpc) is 2.40. The van der Waals surface area contributed by atoms with Crippen LogP contribution in [-0.2, 0) is 0 Å². The van der Waals surface area contributed by atoms with E-state index in [0.717, 1.165) is 21.6 Å². The zero-order valence-electron chi connectivity index (χ0n) is 10.2. The second kappa shape index (κ2) is 5.82. The molecule has 0 bridgehead atoms. The molecule has 4 nitrogen and oxygen atoms in total. The standard InChI is InChI=1S/C13H14BrN3O/c1-9(12-8-15-5-6-16-12)17-10-3-4-13(18-2)11(14)7-10/h3-9,17H,1-2H3. The van der Waals surface area contributed by atoms with E-state index in [9.17, 15) is 0 Å². The lowest BCUT2D eigenvalue weighted by Crippen LogP contribution is -2.08. The number of methoxy groups -OCH3 is 1. The summed E-state index contributed by atoms with van der Waals surface area (Å²) >= 11 is 3.46. The number of aromatic nitrogens is 2. The number of benzene rings is 1. The van der Waals surface area contributed by atoms with Crippen molar-refractivity contribution in [2.75, 3.05) is 12.4 Å². The van der Waals surface area contributed by atoms with Crippen molar-refractivity contribution in [1.29, 1.82) is 0 Å². The van der Waals surface area contributed by atoms with Crippen LogP contribution in [0, 0.1) is 0 Å². The molecule has 1 atom stereocenters. The molecule has 0 radical (unpaired) electrons. The highest BCUT2D eigenvalue weighted by Gasteiger charge is 2.08. The number of rotatable bonds is 4. The Hall–Kier alpha value is -1.62. The number of hydrogen-bond acceptors (Lipinski definition) is 4. The molecule has 0 fully saturated rings. The molecule has 1 heterocycles. The zero-order chi connectivity index (χ0) is 13.0. The van der Waals surface area contributed by atoms with Crippen LogP contribution in [0.5, 0.6) is 5.75 Å². The van der Waals surface area contributed by atoms with E-state index in [2.05, 4.69) is 31.2 Å². The molecular weight excluding hydrogens is 294 g/mol. The van der Waals surface area contributed by atoms with Crippen LogP contribution >= 0.6 is 15.9 Å². The summed E-state index contributed by atoms with van der Waals surface area (Å²) in [5.74, 6) is 0.813. The minimum Gasteiger partial charge on any atom is -0.496 e. The van der Waals surface area contributed by atoms with Crippen molar-refractivity contribution in [2.45, 2.75) is 13.0 Å². The molecule has 0 amide bonds. The summed E-state index contributed by atoms with van der Waals surface area (Å²) in [4.78, 5) is 8.33. The van der Waals surface area contributed by atoms with E-state index in [4.69, 9.17) is 4.74 Å². The number of anilines is 1. The van der Waals surface area contributed by atoms with Crippen molar-refractivity contribution in [3.8, 4) is 5.75 Å². The van der Waals surface area contributed by atoms with Gasteiger partial charge >= 0.3 is 0 Å². The van der Waals surface area contributed by atoms with Crippen LogP contribution in [0.25, 0.3) is 0 Å². The van der Waals surface area contributed by atoms with Gasteiger partial charge in [0.05, 0.1) is 29.5 Å². The highest BCUT2D eigenvalue weighted by molar-refractivity contribution is 9.10. The smallest absolute Gasteiger partial charge is 0.133 e. The summed E-state index contributed by atoms with van der Waals surface area (Å²) in [5.41, 5.74) is 1.91. The molecule has 0 spiro atoms. The van der Waals surface area contributed by atoms with Gasteiger partial charge in [-0.2, -0.15) is 0 Å². The Labute approximate surface area is 115 Å². The normalized spacial score (nSPS) is 11.9. The third-order valence-electron chi connectivity index (χ3n) is 2.56. The van der Waals surface area contributed by atoms with Crippen LogP contribution in [0.2, 0.25) is 0 Å². The maximum Gasteiger partial charge on any atom is 0.133 e. The topological polar surface area (TPSA) is 47.0 Å². The molecule has 1 unspecified atom stereocenters. The third kappa shape index (κ3) is 2.98. The minimum atomic E-state index is 0.0963. The number of hydrogen-bond donors (Lipinski definition) is 1. The van der Waals surface area contributed by atoms with Gasteiger partial charge in [-0.1, -0.05) is 0 Å². The van der Waals surface area contributed by atoms with Crippen molar-refractivity contribution in [1.82, 2.24) is 9.97 Å². The van der Waals surface area contributed by atoms with Gasteiger partial charge in [-0.25, -0.2) is 0 Å². The molecule has 0 aliphatic rings. The molecule has 18 heavy (non-hydrogen) atoms. The van der Waals surface area contributed by atoms with Crippen LogP contribution in [0.1, 0.15) is 18.7 Å². The molecule has 94 valence electrons. The summed E-state index contributed by atoms with van der Waals surface area (Å²) in [6, 6.07) is 5.96. The summed E-state index contributed by atoms with van der Waals surface area (Å²) in [6.45, 7) is 2.04. The van der Waals surface area contributed by atoms with Gasteiger partial charge in [0, 0.05) is 18.1 Å². The minimum absolute atomic E-state index is 0.0963. The molecule has 5 heteroatoms. The van der Waals surface area contributed by atoms with E-state index in [0.29, 0.717) is 0 Å². The number of ether oxygens (including phenoxy) is 1. The average molecular weight is 308 g/mol. The Morgan fingerprint density at radius 3 is 2.78 bits per heavy atom. The fourth-order valence-electron chi connectivity index (χ4n) is 1.61. The molecule has 0 aliphatic carbocycles. The molecule has 2 aromatic rings. The first-order valence-corrected chi connectivity index (χ1v) is 6.36. The van der Waals surface area contributed by atoms with Gasteiger partial charge < -0.3 is 10.1 Å². The van der Waals surface area contributed by atoms with E-state index in [1.54, 1.807) is 25.7 Å². The van der Waals surface area contributed by atoms with Crippen molar-refractivity contribution >= 4 is 21.6 Å². The van der Waals surface area contributed by atoms with Gasteiger partial charge in [-0.3, -0.25) is 9.97 Å². The largest absolute Gasteiger partial charge is 0.496 e. The zero-order valence-corrected chi connectivity index (χ0v) is 11.8. The van der Waals surface area contributed by atoms with E-state index in [1.807, 2.05) is 25.1 Å². The fourth-order valence-corrected chi connectivity index (χ4v) is 2.15. The SMILES string of the molecule is COc1ccc(NC(C)c2cnccn2)cc1Br. The molecule has 0 aliphatic heterocycles. The lowest BCUT2D eigenvalue weighted by atomic mass is 10.2. The van der Waals surface area contributed by atoms with Crippen LogP contribution in [0.3, 0.4) is 0 Å². The fraction of sp³-hybridized carbons (Fsp3) is 0.231. The Morgan fingerprint density at radius 2 is 2.17 bits per heavy atom. The van der Waals surface area contributed by atoms with Gasteiger partial charge in [-0.15, -0.1) is 0 Å². The Balaban J connectivity index is 2.12. The van der Waals surface area contributed by atoms with Gasteiger partial charge in [0.25, 0.3) is 0 Å². The highest BCUT2D eigenvalue weighted by Crippen LogP contribution is 2.29. The Kier molecular flexibility index (Phi) is 4.15. The first-order valence-electron chi connectivity index (χ1n) is 5.56. The second-order valence-electron chi connectivity index (χ2n) is 3.85. The Morgan fingerprint density at radius 1 is 1.33 bits per heavy atom. The quantitative estimate of drug-likeness (QED) is 0.940. The molecule has 1 aromatic carbocycles. The summed E-state index contributed by atoms with van der Waals surface area (Å²) < 4.78 is 6.11. The highest BCUT2D eigenvalue weighted by atomic mass is 79.9. The van der Waals surface area contributed by atoms with E-state index < -0.39 is 0 Å². The lowest BCUT2D eigenvalue weighted by Gasteiger charge is -2.15. The molecule has 2 rings (SSSR count). The molecule has 1 aromatic heterocycles. The summed E-state index contributed by atoms with van der Waals surface area (Å²) in [5, 5.41) is 3.36. The molecule has 0 saturated carbocycles. The lowest BCUT2D eigenvalue weighted by molar-refractivity contribution is 0.412. The molecule has 1 N–H and O–H groups in total. The van der Waals surface area contributed by atoms with Crippen LogP contribution in [0.4, 0.5) is 5.69 Å². The van der Waals surface area contributed by atoms with Crippen LogP contribution in [-0.4, -0.2) is 17.1 Å². The molecule has 0 saturated heterocycles. The third-order valence-corrected chi connectivity index (χ3v) is 3.18. The van der Waals surface area contributed by atoms with Gasteiger partial charge in [0.15, 0.2) is 0 Å². The van der Waals surface area contributed by atoms with Crippen molar-refractivity contribution < 1.29 is 4.74 Å². The van der Waals surface area contributed by atoms with Gasteiger partial charge in [0.1, 0.15) is 5.75 Å². The van der Waals surface area contributed by atoms with Crippen LogP contribution in [0.15, 0.2) is 41.3 Å².